The van der Waals surface area contributed by atoms with Crippen LogP contribution < -0.4 is 15.5 Å². The van der Waals surface area contributed by atoms with Crippen LogP contribution in [0.15, 0.2) is 48.5 Å². The van der Waals surface area contributed by atoms with Crippen LogP contribution in [0.3, 0.4) is 0 Å². The summed E-state index contributed by atoms with van der Waals surface area (Å²) in [5, 5.41) is 6.73. The van der Waals surface area contributed by atoms with Crippen molar-refractivity contribution in [2.24, 2.45) is 0 Å². The topological polar surface area (TPSA) is 44.4 Å². The van der Waals surface area contributed by atoms with E-state index in [0.717, 1.165) is 37.2 Å². The first-order valence-electron chi connectivity index (χ1n) is 13.3. The standard InChI is InChI=1S/C29H43N3O/c1-2-3-13-22-30-23-14-7-5-4-6-8-15-24-31-29(33)32-27-18-11-9-16-25(27)20-21-26-17-10-12-19-28(26)32/h9-12,16-19,30H,2-8,13-15,20-24H2,1H3,(H,31,33). The third-order valence-electron chi connectivity index (χ3n) is 6.60. The van der Waals surface area contributed by atoms with Gasteiger partial charge in [-0.15, -0.1) is 0 Å². The molecule has 4 nitrogen and oxygen atoms in total. The monoisotopic (exact) mass is 449 g/mol. The van der Waals surface area contributed by atoms with Crippen molar-refractivity contribution in [2.45, 2.75) is 84.0 Å². The zero-order chi connectivity index (χ0) is 23.1. The first-order valence-corrected chi connectivity index (χ1v) is 13.3. The zero-order valence-electron chi connectivity index (χ0n) is 20.6. The lowest BCUT2D eigenvalue weighted by Gasteiger charge is -2.25. The molecule has 0 bridgehead atoms. The number of benzene rings is 2. The van der Waals surface area contributed by atoms with Gasteiger partial charge in [0.1, 0.15) is 0 Å². The fourth-order valence-electron chi connectivity index (χ4n) is 4.66. The van der Waals surface area contributed by atoms with Gasteiger partial charge in [-0.3, -0.25) is 4.90 Å². The highest BCUT2D eigenvalue weighted by Crippen LogP contribution is 2.35. The summed E-state index contributed by atoms with van der Waals surface area (Å²) in [7, 11) is 0. The highest BCUT2D eigenvalue weighted by atomic mass is 16.2. The molecule has 180 valence electrons. The molecule has 2 aromatic carbocycles. The second-order valence-electron chi connectivity index (χ2n) is 9.26. The largest absolute Gasteiger partial charge is 0.337 e. The molecule has 0 aromatic heterocycles. The smallest absolute Gasteiger partial charge is 0.326 e. The Balaban J connectivity index is 1.33. The number of nitrogens with zero attached hydrogens (tertiary/aromatic N) is 1. The summed E-state index contributed by atoms with van der Waals surface area (Å²) >= 11 is 0. The number of carbonyl (C=O) groups excluding carboxylic acids is 1. The summed E-state index contributed by atoms with van der Waals surface area (Å²) < 4.78 is 0. The maximum Gasteiger partial charge on any atom is 0.326 e. The van der Waals surface area contributed by atoms with E-state index in [1.54, 1.807) is 0 Å². The molecule has 0 saturated carbocycles. The predicted molar refractivity (Wildman–Crippen MR) is 141 cm³/mol. The first-order chi connectivity index (χ1) is 16.3. The van der Waals surface area contributed by atoms with Gasteiger partial charge >= 0.3 is 6.03 Å². The molecule has 0 radical (unpaired) electrons. The number of anilines is 2. The Labute approximate surface area is 201 Å². The quantitative estimate of drug-likeness (QED) is 0.301. The van der Waals surface area contributed by atoms with E-state index in [9.17, 15) is 4.79 Å². The summed E-state index contributed by atoms with van der Waals surface area (Å²) in [4.78, 5) is 15.1. The van der Waals surface area contributed by atoms with Crippen LogP contribution in [0.2, 0.25) is 0 Å². The fraction of sp³-hybridized carbons (Fsp3) is 0.552. The number of amides is 2. The number of urea groups is 1. The average Bonchev–Trinajstić information content (AvgIpc) is 3.01. The Bertz CT molecular complexity index is 788. The maximum atomic E-state index is 13.2. The van der Waals surface area contributed by atoms with Gasteiger partial charge in [0.15, 0.2) is 0 Å². The second kappa shape index (κ2) is 14.7. The Morgan fingerprint density at radius 1 is 0.697 bits per heavy atom. The molecule has 0 unspecified atom stereocenters. The normalized spacial score (nSPS) is 12.7. The molecule has 33 heavy (non-hydrogen) atoms. The number of rotatable bonds is 14. The van der Waals surface area contributed by atoms with E-state index in [1.807, 2.05) is 17.0 Å². The minimum absolute atomic E-state index is 0.0109. The van der Waals surface area contributed by atoms with Crippen LogP contribution in [0.1, 0.15) is 82.3 Å². The van der Waals surface area contributed by atoms with Gasteiger partial charge in [-0.25, -0.2) is 4.79 Å². The molecule has 4 heteroatoms. The van der Waals surface area contributed by atoms with Crippen LogP contribution in [0.5, 0.6) is 0 Å². The van der Waals surface area contributed by atoms with Crippen LogP contribution in [0.4, 0.5) is 16.2 Å². The minimum atomic E-state index is -0.0109. The fourth-order valence-corrected chi connectivity index (χ4v) is 4.66. The third-order valence-corrected chi connectivity index (χ3v) is 6.60. The van der Waals surface area contributed by atoms with Crippen LogP contribution >= 0.6 is 0 Å². The average molecular weight is 450 g/mol. The van der Waals surface area contributed by atoms with Gasteiger partial charge in [0.25, 0.3) is 0 Å². The van der Waals surface area contributed by atoms with Crippen molar-refractivity contribution >= 4 is 17.4 Å². The molecule has 0 fully saturated rings. The minimum Gasteiger partial charge on any atom is -0.337 e. The Morgan fingerprint density at radius 2 is 1.18 bits per heavy atom. The number of unbranched alkanes of at least 4 members (excludes halogenated alkanes) is 8. The molecular weight excluding hydrogens is 406 g/mol. The molecule has 1 aliphatic heterocycles. The van der Waals surface area contributed by atoms with Crippen molar-refractivity contribution < 1.29 is 4.79 Å². The molecule has 0 saturated heterocycles. The Kier molecular flexibility index (Phi) is 11.3. The van der Waals surface area contributed by atoms with Crippen LogP contribution in [-0.4, -0.2) is 25.7 Å². The highest BCUT2D eigenvalue weighted by Gasteiger charge is 2.25. The number of hydrogen-bond acceptors (Lipinski definition) is 2. The van der Waals surface area contributed by atoms with Crippen molar-refractivity contribution in [1.82, 2.24) is 10.6 Å². The number of para-hydroxylation sites is 2. The summed E-state index contributed by atoms with van der Waals surface area (Å²) in [6.07, 6.45) is 14.6. The van der Waals surface area contributed by atoms with E-state index in [0.29, 0.717) is 0 Å². The molecule has 2 aromatic rings. The van der Waals surface area contributed by atoms with Gasteiger partial charge in [-0.2, -0.15) is 0 Å². The molecule has 0 aliphatic carbocycles. The Hall–Kier alpha value is -2.33. The predicted octanol–water partition coefficient (Wildman–Crippen LogP) is 7.14. The van der Waals surface area contributed by atoms with Gasteiger partial charge in [-0.05, 0) is 68.5 Å². The number of fused-ring (bicyclic) bond motifs is 2. The van der Waals surface area contributed by atoms with E-state index in [2.05, 4.69) is 54.0 Å². The van der Waals surface area contributed by atoms with Crippen molar-refractivity contribution in [3.8, 4) is 0 Å². The van der Waals surface area contributed by atoms with E-state index in [4.69, 9.17) is 0 Å². The van der Waals surface area contributed by atoms with Gasteiger partial charge < -0.3 is 10.6 Å². The van der Waals surface area contributed by atoms with E-state index < -0.39 is 0 Å². The molecular formula is C29H43N3O. The van der Waals surface area contributed by atoms with Crippen molar-refractivity contribution in [3.05, 3.63) is 59.7 Å². The second-order valence-corrected chi connectivity index (χ2v) is 9.26. The lowest BCUT2D eigenvalue weighted by molar-refractivity contribution is 0.248. The van der Waals surface area contributed by atoms with Gasteiger partial charge in [0.05, 0.1) is 11.4 Å². The molecule has 0 atom stereocenters. The van der Waals surface area contributed by atoms with Gasteiger partial charge in [0.2, 0.25) is 0 Å². The van der Waals surface area contributed by atoms with Crippen LogP contribution in [0, 0.1) is 0 Å². The van der Waals surface area contributed by atoms with Crippen LogP contribution in [-0.2, 0) is 12.8 Å². The van der Waals surface area contributed by atoms with Crippen LogP contribution in [0.25, 0.3) is 0 Å². The van der Waals surface area contributed by atoms with Crippen molar-refractivity contribution in [2.75, 3.05) is 24.5 Å². The summed E-state index contributed by atoms with van der Waals surface area (Å²) in [6, 6.07) is 16.6. The number of aryl methyl sites for hydroxylation is 2. The maximum absolute atomic E-state index is 13.2. The summed E-state index contributed by atoms with van der Waals surface area (Å²) in [6.45, 7) is 5.33. The van der Waals surface area contributed by atoms with E-state index >= 15 is 0 Å². The summed E-state index contributed by atoms with van der Waals surface area (Å²) in [5.74, 6) is 0. The molecule has 3 rings (SSSR count). The lowest BCUT2D eigenvalue weighted by Crippen LogP contribution is -2.37. The van der Waals surface area contributed by atoms with E-state index in [-0.39, 0.29) is 6.03 Å². The van der Waals surface area contributed by atoms with Crippen molar-refractivity contribution in [3.63, 3.8) is 0 Å². The molecule has 2 amide bonds. The highest BCUT2D eigenvalue weighted by molar-refractivity contribution is 6.01. The first kappa shape index (κ1) is 25.3. The summed E-state index contributed by atoms with van der Waals surface area (Å²) in [5.41, 5.74) is 4.50. The van der Waals surface area contributed by atoms with Gasteiger partial charge in [0, 0.05) is 6.54 Å². The van der Waals surface area contributed by atoms with Gasteiger partial charge in [-0.1, -0.05) is 88.3 Å². The Morgan fingerprint density at radius 3 is 1.76 bits per heavy atom. The molecule has 1 heterocycles. The SMILES string of the molecule is CCCCCNCCCCCCCCCNC(=O)N1c2ccccc2CCc2ccccc21. The molecule has 2 N–H and O–H groups in total. The zero-order valence-corrected chi connectivity index (χ0v) is 20.6. The van der Waals surface area contributed by atoms with Crippen molar-refractivity contribution in [1.29, 1.82) is 0 Å². The lowest BCUT2D eigenvalue weighted by atomic mass is 10.0. The molecule has 0 spiro atoms. The number of nitrogens with one attached hydrogen (secondary N) is 2. The number of carbonyl (C=O) groups is 1. The van der Waals surface area contributed by atoms with E-state index in [1.165, 1.54) is 82.0 Å². The third kappa shape index (κ3) is 8.19. The molecule has 1 aliphatic rings. The number of hydrogen-bond donors (Lipinski definition) is 2.